The van der Waals surface area contributed by atoms with Crippen LogP contribution in [0.4, 0.5) is 4.79 Å². The van der Waals surface area contributed by atoms with E-state index in [-0.39, 0.29) is 12.7 Å². The third kappa shape index (κ3) is 7.29. The number of rotatable bonds is 5. The molecular formula is C8H18N2O4S. The molecule has 0 rings (SSSR count). The molecule has 0 aliphatic heterocycles. The first-order chi connectivity index (χ1) is 6.76. The van der Waals surface area contributed by atoms with Gasteiger partial charge in [0, 0.05) is 5.54 Å². The summed E-state index contributed by atoms with van der Waals surface area (Å²) in [7, 11) is 0. The molecule has 15 heavy (non-hydrogen) atoms. The van der Waals surface area contributed by atoms with Crippen LogP contribution < -0.4 is 9.44 Å². The molecule has 0 radical (unpaired) electrons. The first-order valence-electron chi connectivity index (χ1n) is 4.54. The smallest absolute Gasteiger partial charge is 0.420 e. The Bertz CT molecular complexity index is 243. The van der Waals surface area contributed by atoms with Gasteiger partial charge in [-0.2, -0.15) is 0 Å². The molecule has 6 nitrogen and oxygen atoms in total. The first-order valence-corrected chi connectivity index (χ1v) is 5.69. The van der Waals surface area contributed by atoms with E-state index in [2.05, 4.69) is 9.44 Å². The van der Waals surface area contributed by atoms with Crippen LogP contribution >= 0.6 is 0 Å². The number of ether oxygens (including phenoxy) is 1. The lowest BCUT2D eigenvalue weighted by atomic mass is 10.1. The summed E-state index contributed by atoms with van der Waals surface area (Å²) in [5, 5.41) is 8.88. The van der Waals surface area contributed by atoms with E-state index in [9.17, 15) is 9.00 Å². The Balaban J connectivity index is 3.99. The Morgan fingerprint density at radius 2 is 2.07 bits per heavy atom. The molecule has 0 saturated carbocycles. The van der Waals surface area contributed by atoms with Crippen LogP contribution in [-0.4, -0.2) is 33.7 Å². The van der Waals surface area contributed by atoms with Crippen molar-refractivity contribution in [1.82, 2.24) is 9.44 Å². The van der Waals surface area contributed by atoms with E-state index in [1.54, 1.807) is 27.7 Å². The maximum atomic E-state index is 11.3. The number of carbonyl (C=O) groups excluding carboxylic acids is 1. The standard InChI is InChI=1S/C8H18N2O4S/c1-6(2)14-7(12)9-15(13)10-8(3,4)5-11/h6,10-11H,5H2,1-4H3,(H,9,12). The second-order valence-electron chi connectivity index (χ2n) is 3.97. The molecule has 0 fully saturated rings. The Hall–Kier alpha value is -0.660. The molecule has 0 aliphatic rings. The van der Waals surface area contributed by atoms with Crippen molar-refractivity contribution >= 4 is 17.3 Å². The highest BCUT2D eigenvalue weighted by Crippen LogP contribution is 1.99. The van der Waals surface area contributed by atoms with Crippen LogP contribution in [0, 0.1) is 0 Å². The summed E-state index contributed by atoms with van der Waals surface area (Å²) in [6, 6.07) is 0. The highest BCUT2D eigenvalue weighted by atomic mass is 32.2. The van der Waals surface area contributed by atoms with Crippen molar-refractivity contribution in [2.24, 2.45) is 0 Å². The van der Waals surface area contributed by atoms with Crippen molar-refractivity contribution in [3.63, 3.8) is 0 Å². The van der Waals surface area contributed by atoms with E-state index in [1.807, 2.05) is 0 Å². The fourth-order valence-corrected chi connectivity index (χ4v) is 1.44. The molecule has 0 aromatic rings. The normalized spacial score (nSPS) is 13.7. The Morgan fingerprint density at radius 3 is 2.47 bits per heavy atom. The molecule has 0 saturated heterocycles. The van der Waals surface area contributed by atoms with E-state index in [4.69, 9.17) is 9.84 Å². The first kappa shape index (κ1) is 14.3. The van der Waals surface area contributed by atoms with E-state index in [0.29, 0.717) is 0 Å². The number of amides is 1. The van der Waals surface area contributed by atoms with Crippen molar-refractivity contribution in [2.75, 3.05) is 6.61 Å². The summed E-state index contributed by atoms with van der Waals surface area (Å²) >= 11 is -1.77. The molecule has 0 spiro atoms. The lowest BCUT2D eigenvalue weighted by Crippen LogP contribution is -2.48. The van der Waals surface area contributed by atoms with Gasteiger partial charge in [-0.25, -0.2) is 18.4 Å². The SMILES string of the molecule is CC(C)OC(=O)NS(=O)NC(C)(C)CO. The minimum atomic E-state index is -1.77. The van der Waals surface area contributed by atoms with Crippen molar-refractivity contribution < 1.29 is 18.8 Å². The van der Waals surface area contributed by atoms with Gasteiger partial charge in [0.2, 0.25) is 0 Å². The maximum Gasteiger partial charge on any atom is 0.420 e. The topological polar surface area (TPSA) is 87.7 Å². The van der Waals surface area contributed by atoms with Crippen LogP contribution in [-0.2, 0) is 15.9 Å². The van der Waals surface area contributed by atoms with Gasteiger partial charge in [0.05, 0.1) is 12.7 Å². The van der Waals surface area contributed by atoms with Gasteiger partial charge in [0.25, 0.3) is 0 Å². The van der Waals surface area contributed by atoms with Crippen molar-refractivity contribution in [3.8, 4) is 0 Å². The van der Waals surface area contributed by atoms with Crippen LogP contribution in [0.2, 0.25) is 0 Å². The molecular weight excluding hydrogens is 220 g/mol. The van der Waals surface area contributed by atoms with Gasteiger partial charge in [0.15, 0.2) is 11.2 Å². The highest BCUT2D eigenvalue weighted by molar-refractivity contribution is 7.81. The maximum absolute atomic E-state index is 11.3. The van der Waals surface area contributed by atoms with E-state index in [1.165, 1.54) is 0 Å². The zero-order valence-electron chi connectivity index (χ0n) is 9.36. The number of aliphatic hydroxyl groups excluding tert-OH is 1. The largest absolute Gasteiger partial charge is 0.446 e. The fourth-order valence-electron chi connectivity index (χ4n) is 0.623. The van der Waals surface area contributed by atoms with Crippen molar-refractivity contribution in [1.29, 1.82) is 0 Å². The summed E-state index contributed by atoms with van der Waals surface area (Å²) < 4.78 is 20.6. The van der Waals surface area contributed by atoms with Gasteiger partial charge >= 0.3 is 6.09 Å². The molecule has 0 aromatic heterocycles. The van der Waals surface area contributed by atoms with Gasteiger partial charge in [-0.1, -0.05) is 0 Å². The molecule has 0 aliphatic carbocycles. The van der Waals surface area contributed by atoms with E-state index < -0.39 is 22.8 Å². The van der Waals surface area contributed by atoms with Gasteiger partial charge < -0.3 is 9.84 Å². The number of aliphatic hydroxyl groups is 1. The van der Waals surface area contributed by atoms with Gasteiger partial charge in [-0.05, 0) is 27.7 Å². The number of hydrogen-bond acceptors (Lipinski definition) is 4. The molecule has 0 heterocycles. The van der Waals surface area contributed by atoms with Gasteiger partial charge in [0.1, 0.15) is 0 Å². The number of hydrogen-bond donors (Lipinski definition) is 3. The van der Waals surface area contributed by atoms with Crippen LogP contribution in [0.3, 0.4) is 0 Å². The third-order valence-electron chi connectivity index (χ3n) is 1.28. The van der Waals surface area contributed by atoms with Gasteiger partial charge in [-0.3, -0.25) is 0 Å². The van der Waals surface area contributed by atoms with Crippen LogP contribution in [0.25, 0.3) is 0 Å². The minimum absolute atomic E-state index is 0.195. The molecule has 3 N–H and O–H groups in total. The molecule has 1 unspecified atom stereocenters. The second kappa shape index (κ2) is 6.04. The third-order valence-corrected chi connectivity index (χ3v) is 2.37. The number of nitrogens with one attached hydrogen (secondary N) is 2. The summed E-state index contributed by atoms with van der Waals surface area (Å²) in [6.07, 6.45) is -1.03. The zero-order valence-corrected chi connectivity index (χ0v) is 10.2. The molecule has 1 amide bonds. The highest BCUT2D eigenvalue weighted by Gasteiger charge is 2.20. The lowest BCUT2D eigenvalue weighted by Gasteiger charge is -2.22. The Morgan fingerprint density at radius 1 is 1.53 bits per heavy atom. The molecule has 1 atom stereocenters. The quantitative estimate of drug-likeness (QED) is 0.632. The fraction of sp³-hybridized carbons (Fsp3) is 0.875. The van der Waals surface area contributed by atoms with Crippen molar-refractivity contribution in [2.45, 2.75) is 39.3 Å². The predicted molar refractivity (Wildman–Crippen MR) is 57.2 cm³/mol. The van der Waals surface area contributed by atoms with Crippen LogP contribution in [0.1, 0.15) is 27.7 Å². The summed E-state index contributed by atoms with van der Waals surface area (Å²) in [5.41, 5.74) is -0.726. The molecule has 0 aromatic carbocycles. The van der Waals surface area contributed by atoms with Gasteiger partial charge in [-0.15, -0.1) is 0 Å². The molecule has 7 heteroatoms. The Labute approximate surface area is 92.1 Å². The minimum Gasteiger partial charge on any atom is -0.446 e. The summed E-state index contributed by atoms with van der Waals surface area (Å²) in [6.45, 7) is 6.49. The Kier molecular flexibility index (Phi) is 5.77. The summed E-state index contributed by atoms with van der Waals surface area (Å²) in [5.74, 6) is 0. The summed E-state index contributed by atoms with van der Waals surface area (Å²) in [4.78, 5) is 11.0. The molecule has 0 bridgehead atoms. The van der Waals surface area contributed by atoms with Crippen LogP contribution in [0.5, 0.6) is 0 Å². The monoisotopic (exact) mass is 238 g/mol. The predicted octanol–water partition coefficient (Wildman–Crippen LogP) is 0.0602. The van der Waals surface area contributed by atoms with E-state index >= 15 is 0 Å². The average Bonchev–Trinajstić information content (AvgIpc) is 2.00. The van der Waals surface area contributed by atoms with Crippen LogP contribution in [0.15, 0.2) is 0 Å². The molecule has 90 valence electrons. The zero-order chi connectivity index (χ0) is 12.1. The second-order valence-corrected chi connectivity index (χ2v) is 4.91. The van der Waals surface area contributed by atoms with Crippen molar-refractivity contribution in [3.05, 3.63) is 0 Å². The lowest BCUT2D eigenvalue weighted by molar-refractivity contribution is 0.121. The van der Waals surface area contributed by atoms with E-state index in [0.717, 1.165) is 0 Å². The average molecular weight is 238 g/mol. The number of carbonyl (C=O) groups is 1.